The first-order valence-electron chi connectivity index (χ1n) is 6.20. The van der Waals surface area contributed by atoms with Gasteiger partial charge in [0.05, 0.1) is 6.33 Å². The molecule has 0 aliphatic carbocycles. The van der Waals surface area contributed by atoms with Crippen molar-refractivity contribution in [2.45, 2.75) is 12.7 Å². The quantitative estimate of drug-likeness (QED) is 0.645. The number of alkyl halides is 3. The second kappa shape index (κ2) is 5.97. The Morgan fingerprint density at radius 2 is 2.09 bits per heavy atom. The molecule has 2 aromatic heterocycles. The van der Waals surface area contributed by atoms with Crippen LogP contribution in [0.3, 0.4) is 0 Å². The molecule has 3 rings (SSSR count). The fourth-order valence-corrected chi connectivity index (χ4v) is 2.48. The van der Waals surface area contributed by atoms with Crippen molar-refractivity contribution < 1.29 is 17.7 Å². The summed E-state index contributed by atoms with van der Waals surface area (Å²) in [6, 6.07) is 4.77. The zero-order valence-electron chi connectivity index (χ0n) is 11.2. The molecule has 0 spiro atoms. The van der Waals surface area contributed by atoms with E-state index in [1.54, 1.807) is 29.2 Å². The minimum absolute atomic E-state index is 0.170. The maximum atomic E-state index is 12.5. The molecular formula is C13H7BrClF3N4O. The lowest BCUT2D eigenvalue weighted by Crippen LogP contribution is -2.04. The van der Waals surface area contributed by atoms with Gasteiger partial charge in [-0.15, -0.1) is 0 Å². The number of imidazole rings is 1. The summed E-state index contributed by atoms with van der Waals surface area (Å²) in [4.78, 5) is 7.36. The van der Waals surface area contributed by atoms with Crippen LogP contribution in [-0.4, -0.2) is 19.7 Å². The van der Waals surface area contributed by atoms with Crippen molar-refractivity contribution in [2.24, 2.45) is 0 Å². The fraction of sp³-hybridized carbons (Fsp3) is 0.154. The smallest absolute Gasteiger partial charge is 0.332 e. The van der Waals surface area contributed by atoms with Gasteiger partial charge in [0.15, 0.2) is 0 Å². The van der Waals surface area contributed by atoms with E-state index in [4.69, 9.17) is 11.6 Å². The van der Waals surface area contributed by atoms with Gasteiger partial charge in [0, 0.05) is 23.3 Å². The molecule has 0 aliphatic heterocycles. The van der Waals surface area contributed by atoms with Crippen LogP contribution in [-0.2, 0) is 12.7 Å². The van der Waals surface area contributed by atoms with Crippen LogP contribution in [0.1, 0.15) is 11.5 Å². The molecule has 0 fully saturated rings. The zero-order chi connectivity index (χ0) is 16.6. The fourth-order valence-electron chi connectivity index (χ4n) is 1.89. The van der Waals surface area contributed by atoms with Crippen LogP contribution in [0.4, 0.5) is 13.2 Å². The molecule has 0 atom stereocenters. The molecular weight excluding hydrogens is 401 g/mol. The van der Waals surface area contributed by atoms with Gasteiger partial charge in [0.25, 0.3) is 0 Å². The third-order valence-corrected chi connectivity index (χ3v) is 3.70. The average Bonchev–Trinajstić information content (AvgIpc) is 3.10. The van der Waals surface area contributed by atoms with E-state index in [2.05, 4.69) is 35.6 Å². The van der Waals surface area contributed by atoms with Crippen molar-refractivity contribution in [3.05, 3.63) is 51.8 Å². The van der Waals surface area contributed by atoms with Crippen molar-refractivity contribution in [3.63, 3.8) is 0 Å². The van der Waals surface area contributed by atoms with Crippen molar-refractivity contribution >= 4 is 27.5 Å². The predicted octanol–water partition coefficient (Wildman–Crippen LogP) is 4.42. The molecule has 0 N–H and O–H groups in total. The molecule has 0 saturated heterocycles. The first kappa shape index (κ1) is 16.0. The van der Waals surface area contributed by atoms with Gasteiger partial charge in [-0.25, -0.2) is 4.98 Å². The Morgan fingerprint density at radius 3 is 2.65 bits per heavy atom. The number of hydrogen-bond acceptors (Lipinski definition) is 4. The first-order valence-corrected chi connectivity index (χ1v) is 7.37. The Labute approximate surface area is 141 Å². The summed E-state index contributed by atoms with van der Waals surface area (Å²) in [5.74, 6) is -1.56. The second-order valence-corrected chi connectivity index (χ2v) is 5.82. The largest absolute Gasteiger partial charge is 0.471 e. The standard InChI is InChI=1S/C13H7BrClF3N4O/c14-10-5-22(6-19-10)4-8-2-1-7(3-9(8)15)11-20-12(23-21-11)13(16,17)18/h1-3,5-6H,4H2. The number of rotatable bonds is 3. The Hall–Kier alpha value is -1.87. The summed E-state index contributed by atoms with van der Waals surface area (Å²) < 4.78 is 44.1. The van der Waals surface area contributed by atoms with Crippen LogP contribution in [0.2, 0.25) is 5.02 Å². The Balaban J connectivity index is 1.85. The van der Waals surface area contributed by atoms with Crippen molar-refractivity contribution in [2.75, 3.05) is 0 Å². The lowest BCUT2D eigenvalue weighted by atomic mass is 10.1. The molecule has 1 aromatic carbocycles. The number of nitrogens with zero attached hydrogens (tertiary/aromatic N) is 4. The van der Waals surface area contributed by atoms with Crippen molar-refractivity contribution in [1.29, 1.82) is 0 Å². The summed E-state index contributed by atoms with van der Waals surface area (Å²) in [7, 11) is 0. The molecule has 3 aromatic rings. The summed E-state index contributed by atoms with van der Waals surface area (Å²) >= 11 is 9.42. The van der Waals surface area contributed by atoms with Gasteiger partial charge in [-0.05, 0) is 27.6 Å². The average molecular weight is 408 g/mol. The molecule has 120 valence electrons. The van der Waals surface area contributed by atoms with E-state index in [1.807, 2.05) is 0 Å². The van der Waals surface area contributed by atoms with Crippen LogP contribution < -0.4 is 0 Å². The van der Waals surface area contributed by atoms with E-state index in [0.717, 1.165) is 5.56 Å². The van der Waals surface area contributed by atoms with Gasteiger partial charge in [-0.2, -0.15) is 18.2 Å². The number of benzene rings is 1. The molecule has 0 radical (unpaired) electrons. The molecule has 0 aliphatic rings. The third-order valence-electron chi connectivity index (χ3n) is 2.93. The minimum Gasteiger partial charge on any atom is -0.332 e. The topological polar surface area (TPSA) is 56.7 Å². The molecule has 10 heteroatoms. The van der Waals surface area contributed by atoms with Crippen LogP contribution in [0.5, 0.6) is 0 Å². The summed E-state index contributed by atoms with van der Waals surface area (Å²) in [5, 5.41) is 3.71. The SMILES string of the molecule is FC(F)(F)c1nc(-c2ccc(Cn3cnc(Br)c3)c(Cl)c2)no1. The van der Waals surface area contributed by atoms with Gasteiger partial charge in [0.1, 0.15) is 4.60 Å². The molecule has 0 bridgehead atoms. The lowest BCUT2D eigenvalue weighted by Gasteiger charge is -2.06. The van der Waals surface area contributed by atoms with E-state index in [1.165, 1.54) is 6.07 Å². The van der Waals surface area contributed by atoms with E-state index < -0.39 is 12.1 Å². The predicted molar refractivity (Wildman–Crippen MR) is 78.8 cm³/mol. The maximum absolute atomic E-state index is 12.5. The van der Waals surface area contributed by atoms with Crippen LogP contribution in [0.15, 0.2) is 39.8 Å². The van der Waals surface area contributed by atoms with Crippen molar-refractivity contribution in [3.8, 4) is 11.4 Å². The lowest BCUT2D eigenvalue weighted by molar-refractivity contribution is -0.159. The maximum Gasteiger partial charge on any atom is 0.471 e. The highest BCUT2D eigenvalue weighted by atomic mass is 79.9. The van der Waals surface area contributed by atoms with Gasteiger partial charge < -0.3 is 9.09 Å². The first-order chi connectivity index (χ1) is 10.8. The molecule has 23 heavy (non-hydrogen) atoms. The highest BCUT2D eigenvalue weighted by Gasteiger charge is 2.38. The normalized spacial score (nSPS) is 11.9. The van der Waals surface area contributed by atoms with Gasteiger partial charge in [0.2, 0.25) is 5.82 Å². The minimum atomic E-state index is -4.68. The highest BCUT2D eigenvalue weighted by molar-refractivity contribution is 9.10. The Morgan fingerprint density at radius 1 is 1.30 bits per heavy atom. The summed E-state index contributed by atoms with van der Waals surface area (Å²) in [5.41, 5.74) is 1.12. The second-order valence-electron chi connectivity index (χ2n) is 4.60. The van der Waals surface area contributed by atoms with E-state index in [9.17, 15) is 13.2 Å². The molecule has 0 saturated carbocycles. The molecule has 5 nitrogen and oxygen atoms in total. The third kappa shape index (κ3) is 3.56. The van der Waals surface area contributed by atoms with Gasteiger partial charge >= 0.3 is 12.1 Å². The summed E-state index contributed by atoms with van der Waals surface area (Å²) in [6.07, 6.45) is -1.27. The summed E-state index contributed by atoms with van der Waals surface area (Å²) in [6.45, 7) is 0.470. The van der Waals surface area contributed by atoms with Crippen LogP contribution >= 0.6 is 27.5 Å². The number of halogens is 5. The molecule has 0 amide bonds. The van der Waals surface area contributed by atoms with Gasteiger partial charge in [-0.3, -0.25) is 0 Å². The highest BCUT2D eigenvalue weighted by Crippen LogP contribution is 2.30. The van der Waals surface area contributed by atoms with Crippen molar-refractivity contribution in [1.82, 2.24) is 19.7 Å². The van der Waals surface area contributed by atoms with E-state index >= 15 is 0 Å². The van der Waals surface area contributed by atoms with Crippen LogP contribution in [0.25, 0.3) is 11.4 Å². The van der Waals surface area contributed by atoms with E-state index in [-0.39, 0.29) is 5.82 Å². The number of aromatic nitrogens is 4. The monoisotopic (exact) mass is 406 g/mol. The van der Waals surface area contributed by atoms with Crippen LogP contribution in [0, 0.1) is 0 Å². The Kier molecular flexibility index (Phi) is 4.15. The zero-order valence-corrected chi connectivity index (χ0v) is 13.5. The van der Waals surface area contributed by atoms with Gasteiger partial charge in [-0.1, -0.05) is 28.9 Å². The Bertz CT molecular complexity index is 846. The molecule has 0 unspecified atom stereocenters. The molecule has 2 heterocycles. The van der Waals surface area contributed by atoms with E-state index in [0.29, 0.717) is 21.7 Å². The number of hydrogen-bond donors (Lipinski definition) is 0.